The Hall–Kier alpha value is -1.94. The van der Waals surface area contributed by atoms with Crippen LogP contribution in [0.2, 0.25) is 0 Å². The Balaban J connectivity index is 5.23. The summed E-state index contributed by atoms with van der Waals surface area (Å²) < 4.78 is 68.6. The van der Waals surface area contributed by atoms with Crippen molar-refractivity contribution in [2.75, 3.05) is 39.6 Å². The molecule has 0 amide bonds. The van der Waals surface area contributed by atoms with Gasteiger partial charge in [0.25, 0.3) is 0 Å². The zero-order valence-corrected chi connectivity index (χ0v) is 65.3. The second-order valence-corrected chi connectivity index (χ2v) is 32.0. The molecule has 0 heterocycles. The number of rotatable bonds is 76. The lowest BCUT2D eigenvalue weighted by atomic mass is 9.99. The lowest BCUT2D eigenvalue weighted by Crippen LogP contribution is -2.30. The Morgan fingerprint density at radius 3 is 0.784 bits per heavy atom. The monoisotopic (exact) mass is 1420 g/mol. The summed E-state index contributed by atoms with van der Waals surface area (Å²) in [4.78, 5) is 72.8. The SMILES string of the molecule is CCCCCCCCCCCC(=O)OC[C@H](COP(=O)(O)OC[C@H](O)COP(=O)(O)OC[C@@H](COC(=O)CCCCCCCCCCCCCCCCC(C)CC)OC(=O)CCCCCCCCCCCCCCCCCC(C)C)OC(=O)CCCCCCCCCCC(C)CC. The maximum Gasteiger partial charge on any atom is 0.472 e. The van der Waals surface area contributed by atoms with Crippen molar-refractivity contribution in [2.45, 2.75) is 420 Å². The van der Waals surface area contributed by atoms with E-state index >= 15 is 0 Å². The minimum Gasteiger partial charge on any atom is -0.462 e. The van der Waals surface area contributed by atoms with Gasteiger partial charge in [-0.3, -0.25) is 37.3 Å². The lowest BCUT2D eigenvalue weighted by molar-refractivity contribution is -0.161. The summed E-state index contributed by atoms with van der Waals surface area (Å²) in [5.41, 5.74) is 0. The van der Waals surface area contributed by atoms with Gasteiger partial charge < -0.3 is 33.8 Å². The molecule has 0 saturated heterocycles. The first-order valence-electron chi connectivity index (χ1n) is 40.4. The molecule has 0 aromatic rings. The molecular formula is C78H152O17P2. The van der Waals surface area contributed by atoms with E-state index in [1.807, 2.05) is 0 Å². The fourth-order valence-electron chi connectivity index (χ4n) is 11.9. The van der Waals surface area contributed by atoms with Crippen LogP contribution >= 0.6 is 15.6 Å². The third-order valence-corrected chi connectivity index (χ3v) is 20.8. The molecule has 4 unspecified atom stereocenters. The van der Waals surface area contributed by atoms with Crippen LogP contribution in [0.3, 0.4) is 0 Å². The van der Waals surface area contributed by atoms with Crippen molar-refractivity contribution >= 4 is 39.5 Å². The van der Waals surface area contributed by atoms with Crippen LogP contribution in [-0.4, -0.2) is 96.7 Å². The number of unbranched alkanes of at least 4 members (excludes halogenated alkanes) is 42. The Kier molecular flexibility index (Phi) is 67.1. The summed E-state index contributed by atoms with van der Waals surface area (Å²) in [5.74, 6) is 0.305. The first-order valence-corrected chi connectivity index (χ1v) is 43.4. The fraction of sp³-hybridized carbons (Fsp3) is 0.949. The fourth-order valence-corrected chi connectivity index (χ4v) is 13.5. The largest absolute Gasteiger partial charge is 0.472 e. The first kappa shape index (κ1) is 95.1. The van der Waals surface area contributed by atoms with E-state index in [0.29, 0.717) is 25.7 Å². The van der Waals surface area contributed by atoms with Gasteiger partial charge in [-0.1, -0.05) is 350 Å². The number of phosphoric acid groups is 2. The van der Waals surface area contributed by atoms with Crippen molar-refractivity contribution in [1.82, 2.24) is 0 Å². The van der Waals surface area contributed by atoms with Crippen molar-refractivity contribution < 1.29 is 80.2 Å². The summed E-state index contributed by atoms with van der Waals surface area (Å²) in [7, 11) is -9.91. The van der Waals surface area contributed by atoms with E-state index in [1.165, 1.54) is 212 Å². The predicted octanol–water partition coefficient (Wildman–Crippen LogP) is 23.0. The van der Waals surface area contributed by atoms with Crippen molar-refractivity contribution in [2.24, 2.45) is 17.8 Å². The molecule has 0 aliphatic heterocycles. The van der Waals surface area contributed by atoms with Crippen LogP contribution in [0, 0.1) is 17.8 Å². The van der Waals surface area contributed by atoms with E-state index in [4.69, 9.17) is 37.0 Å². The molecule has 0 aromatic heterocycles. The van der Waals surface area contributed by atoms with E-state index in [-0.39, 0.29) is 25.7 Å². The zero-order chi connectivity index (χ0) is 71.6. The van der Waals surface area contributed by atoms with Gasteiger partial charge in [-0.25, -0.2) is 9.13 Å². The van der Waals surface area contributed by atoms with E-state index in [0.717, 1.165) is 108 Å². The van der Waals surface area contributed by atoms with E-state index in [2.05, 4.69) is 48.5 Å². The molecule has 19 heteroatoms. The minimum absolute atomic E-state index is 0.105. The van der Waals surface area contributed by atoms with Gasteiger partial charge in [-0.05, 0) is 43.4 Å². The molecular weight excluding hydrogens is 1270 g/mol. The summed E-state index contributed by atoms with van der Waals surface area (Å²) in [6.07, 6.45) is 55.4. The number of hydrogen-bond acceptors (Lipinski definition) is 15. The Bertz CT molecular complexity index is 1890. The average Bonchev–Trinajstić information content (AvgIpc) is 1.46. The van der Waals surface area contributed by atoms with E-state index in [9.17, 15) is 43.2 Å². The Morgan fingerprint density at radius 2 is 0.526 bits per heavy atom. The van der Waals surface area contributed by atoms with Crippen LogP contribution in [-0.2, 0) is 65.4 Å². The van der Waals surface area contributed by atoms with Gasteiger partial charge in [0.15, 0.2) is 12.2 Å². The number of carbonyl (C=O) groups is 4. The van der Waals surface area contributed by atoms with E-state index in [1.54, 1.807) is 0 Å². The summed E-state index contributed by atoms with van der Waals surface area (Å²) in [6.45, 7) is 12.0. The van der Waals surface area contributed by atoms with Gasteiger partial charge in [-0.15, -0.1) is 0 Å². The molecule has 7 atom stereocenters. The van der Waals surface area contributed by atoms with Gasteiger partial charge >= 0.3 is 39.5 Å². The number of aliphatic hydroxyl groups is 1. The maximum absolute atomic E-state index is 13.1. The molecule has 0 bridgehead atoms. The highest BCUT2D eigenvalue weighted by molar-refractivity contribution is 7.47. The molecule has 0 aromatic carbocycles. The quantitative estimate of drug-likeness (QED) is 0.0222. The van der Waals surface area contributed by atoms with Crippen molar-refractivity contribution in [3.05, 3.63) is 0 Å². The normalized spacial score (nSPS) is 14.6. The number of phosphoric ester groups is 2. The van der Waals surface area contributed by atoms with Gasteiger partial charge in [0, 0.05) is 25.7 Å². The smallest absolute Gasteiger partial charge is 0.462 e. The minimum atomic E-state index is -4.96. The molecule has 0 radical (unpaired) electrons. The van der Waals surface area contributed by atoms with Crippen molar-refractivity contribution in [3.8, 4) is 0 Å². The molecule has 97 heavy (non-hydrogen) atoms. The van der Waals surface area contributed by atoms with Crippen LogP contribution in [0.4, 0.5) is 0 Å². The summed E-state index contributed by atoms with van der Waals surface area (Å²) in [6, 6.07) is 0. The highest BCUT2D eigenvalue weighted by atomic mass is 31.2. The molecule has 576 valence electrons. The highest BCUT2D eigenvalue weighted by Crippen LogP contribution is 2.45. The number of esters is 4. The first-order chi connectivity index (χ1) is 46.8. The standard InChI is InChI=1S/C78H152O17P2/c1-8-11-12-13-14-28-38-45-52-59-75(80)88-65-74(95-78(83)62-55-48-41-34-33-37-44-51-58-71(7)10-3)68-93-97(86,87)91-64-72(79)63-90-96(84,85)92-67-73(94-77(82)61-54-47-40-32-27-23-17-15-16-20-24-29-35-42-49-56-69(4)5)66-89-76(81)60-53-46-39-31-26-22-19-18-21-25-30-36-43-50-57-70(6)9-2/h69-74,79H,8-68H2,1-7H3,(H,84,85)(H,86,87)/t70?,71?,72-,73-,74-/m1/s1. The van der Waals surface area contributed by atoms with Crippen LogP contribution in [0.1, 0.15) is 402 Å². The summed E-state index contributed by atoms with van der Waals surface area (Å²) in [5, 5.41) is 10.6. The highest BCUT2D eigenvalue weighted by Gasteiger charge is 2.30. The topological polar surface area (TPSA) is 237 Å². The Labute approximate surface area is 594 Å². The van der Waals surface area contributed by atoms with Gasteiger partial charge in [0.1, 0.15) is 19.3 Å². The van der Waals surface area contributed by atoms with Gasteiger partial charge in [-0.2, -0.15) is 0 Å². The van der Waals surface area contributed by atoms with Crippen LogP contribution in [0.5, 0.6) is 0 Å². The molecule has 0 aliphatic rings. The van der Waals surface area contributed by atoms with Gasteiger partial charge in [0.2, 0.25) is 0 Å². The zero-order valence-electron chi connectivity index (χ0n) is 63.5. The number of carbonyl (C=O) groups excluding carboxylic acids is 4. The van der Waals surface area contributed by atoms with Crippen molar-refractivity contribution in [3.63, 3.8) is 0 Å². The number of ether oxygens (including phenoxy) is 4. The maximum atomic E-state index is 13.1. The van der Waals surface area contributed by atoms with Gasteiger partial charge in [0.05, 0.1) is 26.4 Å². The number of aliphatic hydroxyl groups excluding tert-OH is 1. The van der Waals surface area contributed by atoms with Crippen LogP contribution in [0.25, 0.3) is 0 Å². The average molecular weight is 1420 g/mol. The van der Waals surface area contributed by atoms with Crippen molar-refractivity contribution in [1.29, 1.82) is 0 Å². The molecule has 0 fully saturated rings. The third kappa shape index (κ3) is 69.5. The second kappa shape index (κ2) is 68.5. The third-order valence-electron chi connectivity index (χ3n) is 18.9. The predicted molar refractivity (Wildman–Crippen MR) is 395 cm³/mol. The van der Waals surface area contributed by atoms with E-state index < -0.39 is 97.5 Å². The Morgan fingerprint density at radius 1 is 0.299 bits per heavy atom. The second-order valence-electron chi connectivity index (χ2n) is 29.1. The number of hydrogen-bond donors (Lipinski definition) is 3. The molecule has 3 N–H and O–H groups in total. The molecule has 0 rings (SSSR count). The van der Waals surface area contributed by atoms with Crippen LogP contribution < -0.4 is 0 Å². The molecule has 17 nitrogen and oxygen atoms in total. The molecule has 0 aliphatic carbocycles. The van der Waals surface area contributed by atoms with Crippen LogP contribution in [0.15, 0.2) is 0 Å². The summed E-state index contributed by atoms with van der Waals surface area (Å²) >= 11 is 0. The molecule has 0 spiro atoms. The lowest BCUT2D eigenvalue weighted by Gasteiger charge is -2.21. The molecule has 0 saturated carbocycles.